The molecule has 4 nitrogen and oxygen atoms in total. The molecule has 2 aliphatic rings. The number of pyridine rings is 1. The lowest BCUT2D eigenvalue weighted by molar-refractivity contribution is -0.141. The van der Waals surface area contributed by atoms with E-state index in [4.69, 9.17) is 4.74 Å². The second-order valence-corrected chi connectivity index (χ2v) is 4.33. The predicted octanol–water partition coefficient (Wildman–Crippen LogP) is 1.81. The van der Waals surface area contributed by atoms with Crippen LogP contribution < -0.4 is 10.1 Å². The highest BCUT2D eigenvalue weighted by Gasteiger charge is 2.41. The maximum Gasteiger partial charge on any atom is 0.433 e. The van der Waals surface area contributed by atoms with Crippen LogP contribution in [0.4, 0.5) is 13.2 Å². The topological polar surface area (TPSA) is 51.2 Å². The molecule has 3 rings (SSSR count). The molecule has 1 N–H and O–H groups in total. The smallest absolute Gasteiger partial charge is 0.433 e. The summed E-state index contributed by atoms with van der Waals surface area (Å²) in [6.07, 6.45) is -3.99. The maximum absolute atomic E-state index is 12.5. The van der Waals surface area contributed by atoms with Gasteiger partial charge in [-0.3, -0.25) is 4.79 Å². The van der Waals surface area contributed by atoms with Gasteiger partial charge >= 0.3 is 6.18 Å². The number of carbonyl (C=O) groups is 1. The monoisotopic (exact) mass is 258 g/mol. The van der Waals surface area contributed by atoms with Crippen molar-refractivity contribution in [2.24, 2.45) is 0 Å². The van der Waals surface area contributed by atoms with E-state index in [-0.39, 0.29) is 23.9 Å². The van der Waals surface area contributed by atoms with Crippen molar-refractivity contribution in [2.45, 2.75) is 31.2 Å². The van der Waals surface area contributed by atoms with Crippen molar-refractivity contribution in [3.63, 3.8) is 0 Å². The number of piperidine rings is 1. The normalized spacial score (nSPS) is 26.1. The Labute approximate surface area is 100 Å². The Morgan fingerprint density at radius 3 is 2.89 bits per heavy atom. The first kappa shape index (κ1) is 11.3. The fourth-order valence-corrected chi connectivity index (χ4v) is 2.27. The zero-order chi connectivity index (χ0) is 12.9. The summed E-state index contributed by atoms with van der Waals surface area (Å²) >= 11 is 0. The molecule has 0 saturated carbocycles. The van der Waals surface area contributed by atoms with Gasteiger partial charge in [-0.15, -0.1) is 0 Å². The highest BCUT2D eigenvalue weighted by Crippen LogP contribution is 2.40. The largest absolute Gasteiger partial charge is 0.472 e. The molecule has 1 saturated heterocycles. The van der Waals surface area contributed by atoms with Gasteiger partial charge in [0.15, 0.2) is 0 Å². The van der Waals surface area contributed by atoms with Crippen molar-refractivity contribution >= 4 is 5.91 Å². The first-order valence-electron chi connectivity index (χ1n) is 5.49. The summed E-state index contributed by atoms with van der Waals surface area (Å²) in [5.41, 5.74) is -0.465. The van der Waals surface area contributed by atoms with E-state index in [1.54, 1.807) is 0 Å². The number of carbonyl (C=O) groups excluding carboxylic acids is 1. The summed E-state index contributed by atoms with van der Waals surface area (Å²) in [6, 6.07) is 1.85. The molecule has 1 amide bonds. The van der Waals surface area contributed by atoms with E-state index in [0.717, 1.165) is 6.07 Å². The number of hydrogen-bond acceptors (Lipinski definition) is 3. The molecule has 18 heavy (non-hydrogen) atoms. The van der Waals surface area contributed by atoms with Gasteiger partial charge in [-0.05, 0) is 18.6 Å². The molecular formula is C11H9F3N2O2. The average Bonchev–Trinajstić information content (AvgIpc) is 2.65. The minimum Gasteiger partial charge on any atom is -0.472 e. The average molecular weight is 258 g/mol. The van der Waals surface area contributed by atoms with Crippen LogP contribution in [-0.2, 0) is 11.0 Å². The van der Waals surface area contributed by atoms with Crippen molar-refractivity contribution in [2.75, 3.05) is 0 Å². The third-order valence-electron chi connectivity index (χ3n) is 3.12. The highest BCUT2D eigenvalue weighted by atomic mass is 19.4. The molecule has 0 bridgehead atoms. The van der Waals surface area contributed by atoms with Gasteiger partial charge in [0.1, 0.15) is 11.8 Å². The van der Waals surface area contributed by atoms with Crippen LogP contribution in [0, 0.1) is 0 Å². The van der Waals surface area contributed by atoms with Crippen molar-refractivity contribution in [1.82, 2.24) is 10.3 Å². The second-order valence-electron chi connectivity index (χ2n) is 4.33. The maximum atomic E-state index is 12.5. The van der Waals surface area contributed by atoms with Gasteiger partial charge < -0.3 is 10.1 Å². The summed E-state index contributed by atoms with van der Waals surface area (Å²) in [5.74, 6) is -0.144. The minimum absolute atomic E-state index is 0.0259. The Morgan fingerprint density at radius 1 is 1.39 bits per heavy atom. The minimum atomic E-state index is -4.49. The number of alkyl halides is 3. The SMILES string of the molecule is O=C1CC[C@@H]2Oc3nc(C(F)(F)F)ccc3[C@@H]2N1. The molecule has 0 spiro atoms. The van der Waals surface area contributed by atoms with Gasteiger partial charge in [-0.1, -0.05) is 0 Å². The molecule has 0 unspecified atom stereocenters. The molecule has 2 aliphatic heterocycles. The number of amides is 1. The molecule has 0 aliphatic carbocycles. The fraction of sp³-hybridized carbons (Fsp3) is 0.455. The second kappa shape index (κ2) is 3.60. The lowest BCUT2D eigenvalue weighted by Crippen LogP contribution is -2.40. The van der Waals surface area contributed by atoms with Gasteiger partial charge in [0.25, 0.3) is 0 Å². The Hall–Kier alpha value is -1.79. The van der Waals surface area contributed by atoms with E-state index in [1.807, 2.05) is 0 Å². The molecule has 2 atom stereocenters. The third-order valence-corrected chi connectivity index (χ3v) is 3.12. The summed E-state index contributed by atoms with van der Waals surface area (Å²) in [4.78, 5) is 14.7. The van der Waals surface area contributed by atoms with Crippen LogP contribution >= 0.6 is 0 Å². The summed E-state index contributed by atoms with van der Waals surface area (Å²) < 4.78 is 42.9. The number of rotatable bonds is 0. The fourth-order valence-electron chi connectivity index (χ4n) is 2.27. The molecule has 96 valence electrons. The Kier molecular flexibility index (Phi) is 2.26. The Balaban J connectivity index is 1.97. The van der Waals surface area contributed by atoms with Crippen molar-refractivity contribution in [3.05, 3.63) is 23.4 Å². The van der Waals surface area contributed by atoms with Crippen LogP contribution in [0.1, 0.15) is 30.1 Å². The standard InChI is InChI=1S/C11H9F3N2O2/c12-11(13,14)7-3-1-5-9-6(18-10(5)15-7)2-4-8(17)16-9/h1,3,6,9H,2,4H2,(H,16,17)/t6-,9-/m0/s1. The molecule has 1 fully saturated rings. The van der Waals surface area contributed by atoms with E-state index in [1.165, 1.54) is 6.07 Å². The van der Waals surface area contributed by atoms with Gasteiger partial charge in [-0.2, -0.15) is 13.2 Å². The van der Waals surface area contributed by atoms with Crippen molar-refractivity contribution < 1.29 is 22.7 Å². The number of aromatic nitrogens is 1. The van der Waals surface area contributed by atoms with Gasteiger partial charge in [0.05, 0.1) is 6.04 Å². The number of ether oxygens (including phenoxy) is 1. The lowest BCUT2D eigenvalue weighted by atomic mass is 9.97. The van der Waals surface area contributed by atoms with E-state index >= 15 is 0 Å². The number of hydrogen-bond donors (Lipinski definition) is 1. The molecule has 0 radical (unpaired) electrons. The van der Waals surface area contributed by atoms with Crippen LogP contribution in [0.3, 0.4) is 0 Å². The van der Waals surface area contributed by atoms with E-state index in [0.29, 0.717) is 18.4 Å². The van der Waals surface area contributed by atoms with Crippen LogP contribution in [-0.4, -0.2) is 17.0 Å². The summed E-state index contributed by atoms with van der Waals surface area (Å²) in [5, 5.41) is 2.71. The first-order valence-corrected chi connectivity index (χ1v) is 5.49. The van der Waals surface area contributed by atoms with Crippen LogP contribution in [0.2, 0.25) is 0 Å². The number of nitrogens with zero attached hydrogens (tertiary/aromatic N) is 1. The van der Waals surface area contributed by atoms with Crippen LogP contribution in [0.15, 0.2) is 12.1 Å². The molecule has 0 aromatic carbocycles. The van der Waals surface area contributed by atoms with E-state index in [9.17, 15) is 18.0 Å². The Morgan fingerprint density at radius 2 is 2.17 bits per heavy atom. The highest BCUT2D eigenvalue weighted by molar-refractivity contribution is 5.78. The summed E-state index contributed by atoms with van der Waals surface area (Å²) in [7, 11) is 0. The van der Waals surface area contributed by atoms with E-state index < -0.39 is 11.9 Å². The molecule has 1 aromatic rings. The quantitative estimate of drug-likeness (QED) is 0.772. The molecular weight excluding hydrogens is 249 g/mol. The molecule has 7 heteroatoms. The lowest BCUT2D eigenvalue weighted by Gasteiger charge is -2.24. The van der Waals surface area contributed by atoms with Crippen LogP contribution in [0.5, 0.6) is 5.88 Å². The first-order chi connectivity index (χ1) is 8.45. The van der Waals surface area contributed by atoms with Crippen molar-refractivity contribution in [3.8, 4) is 5.88 Å². The third kappa shape index (κ3) is 1.70. The van der Waals surface area contributed by atoms with Crippen LogP contribution in [0.25, 0.3) is 0 Å². The zero-order valence-corrected chi connectivity index (χ0v) is 9.12. The number of nitrogens with one attached hydrogen (secondary N) is 1. The Bertz CT molecular complexity index is 516. The van der Waals surface area contributed by atoms with Gasteiger partial charge in [-0.25, -0.2) is 4.98 Å². The number of halogens is 3. The van der Waals surface area contributed by atoms with Gasteiger partial charge in [0, 0.05) is 12.0 Å². The molecule has 3 heterocycles. The van der Waals surface area contributed by atoms with Crippen molar-refractivity contribution in [1.29, 1.82) is 0 Å². The summed E-state index contributed by atoms with van der Waals surface area (Å²) in [6.45, 7) is 0. The van der Waals surface area contributed by atoms with E-state index in [2.05, 4.69) is 10.3 Å². The zero-order valence-electron chi connectivity index (χ0n) is 9.12. The van der Waals surface area contributed by atoms with Gasteiger partial charge in [0.2, 0.25) is 11.8 Å². The number of fused-ring (bicyclic) bond motifs is 3. The predicted molar refractivity (Wildman–Crippen MR) is 53.8 cm³/mol. The molecule has 1 aromatic heterocycles.